The van der Waals surface area contributed by atoms with Crippen LogP contribution in [0, 0.1) is 5.92 Å². The fourth-order valence-electron chi connectivity index (χ4n) is 6.93. The van der Waals surface area contributed by atoms with E-state index in [0.717, 1.165) is 5.56 Å². The first-order chi connectivity index (χ1) is 21.1. The number of nitrogens with one attached hydrogen (secondary N) is 2. The van der Waals surface area contributed by atoms with Crippen molar-refractivity contribution in [3.8, 4) is 0 Å². The number of aromatic nitrogens is 3. The Morgan fingerprint density at radius 2 is 1.82 bits per heavy atom. The maximum absolute atomic E-state index is 13.7. The quantitative estimate of drug-likeness (QED) is 0.205. The fourth-order valence-corrected chi connectivity index (χ4v) is 9.54. The van der Waals surface area contributed by atoms with E-state index >= 15 is 0 Å². The van der Waals surface area contributed by atoms with Gasteiger partial charge >= 0.3 is 0 Å². The van der Waals surface area contributed by atoms with Gasteiger partial charge in [0.2, 0.25) is 0 Å². The summed E-state index contributed by atoms with van der Waals surface area (Å²) in [5.41, 5.74) is 2.43. The summed E-state index contributed by atoms with van der Waals surface area (Å²) in [7, 11) is -2.83. The number of fused-ring (bicyclic) bond motifs is 2. The molecule has 2 aliphatic heterocycles. The van der Waals surface area contributed by atoms with Gasteiger partial charge in [-0.3, -0.25) is 14.3 Å². The van der Waals surface area contributed by atoms with Gasteiger partial charge in [0, 0.05) is 46.7 Å². The van der Waals surface area contributed by atoms with Crippen molar-refractivity contribution in [2.24, 2.45) is 5.92 Å². The molecule has 1 spiro atoms. The van der Waals surface area contributed by atoms with E-state index in [1.807, 2.05) is 62.6 Å². The largest absolute Gasteiger partial charge is 0.432 e. The van der Waals surface area contributed by atoms with Crippen molar-refractivity contribution in [2.75, 3.05) is 17.2 Å². The van der Waals surface area contributed by atoms with E-state index in [9.17, 15) is 19.5 Å². The molecule has 1 fully saturated rings. The lowest BCUT2D eigenvalue weighted by atomic mass is 9.82. The van der Waals surface area contributed by atoms with E-state index in [1.165, 1.54) is 0 Å². The predicted octanol–water partition coefficient (Wildman–Crippen LogP) is 4.49. The number of hydrogen-bond acceptors (Lipinski definition) is 7. The van der Waals surface area contributed by atoms with Gasteiger partial charge in [-0.15, -0.1) is 5.10 Å². The number of nitrogens with zero attached hydrogens (tertiary/aromatic N) is 3. The standard InChI is InChI=1S/C33H37N5O5Si/c1-21-30(44(2,3)42)29(16-17-38-19-28(36-37-38)25(20-39)22-10-6-4-7-11-22)43-33(21)26-18-24(14-15-27(26)35-32(33)41)34-31(40)23-12-8-5-9-13-23/h4-15,18-19,21,25,29-30,39,42H,16-17,20H2,1-3H3,(H,34,40)(H,35,41)/t21-,25?,29+,30-,33+/m1/s1. The Morgan fingerprint density at radius 3 is 2.50 bits per heavy atom. The molecule has 5 atom stereocenters. The number of amides is 2. The molecule has 44 heavy (non-hydrogen) atoms. The van der Waals surface area contributed by atoms with Crippen molar-refractivity contribution < 1.29 is 24.2 Å². The Morgan fingerprint density at radius 1 is 1.11 bits per heavy atom. The first-order valence-electron chi connectivity index (χ1n) is 14.9. The van der Waals surface area contributed by atoms with Gasteiger partial charge in [-0.25, -0.2) is 0 Å². The van der Waals surface area contributed by atoms with E-state index < -0.39 is 20.0 Å². The molecule has 3 aromatic carbocycles. The molecule has 2 amide bonds. The van der Waals surface area contributed by atoms with Crippen molar-refractivity contribution in [1.82, 2.24) is 15.0 Å². The average Bonchev–Trinajstić information content (AvgIpc) is 3.68. The second-order valence-electron chi connectivity index (χ2n) is 12.2. The Bertz CT molecular complexity index is 1660. The molecule has 2 aliphatic rings. The summed E-state index contributed by atoms with van der Waals surface area (Å²) in [6.45, 7) is 6.10. The minimum atomic E-state index is -2.83. The molecule has 0 aliphatic carbocycles. The summed E-state index contributed by atoms with van der Waals surface area (Å²) in [6, 6.07) is 24.0. The smallest absolute Gasteiger partial charge is 0.261 e. The second kappa shape index (κ2) is 11.7. The molecular formula is C33H37N5O5Si. The maximum atomic E-state index is 13.7. The van der Waals surface area contributed by atoms with Crippen molar-refractivity contribution in [3.63, 3.8) is 0 Å². The number of hydrogen-bond donors (Lipinski definition) is 4. The summed E-state index contributed by atoms with van der Waals surface area (Å²) < 4.78 is 8.48. The summed E-state index contributed by atoms with van der Waals surface area (Å²) >= 11 is 0. The van der Waals surface area contributed by atoms with E-state index in [1.54, 1.807) is 47.1 Å². The summed E-state index contributed by atoms with van der Waals surface area (Å²) in [5, 5.41) is 24.6. The first-order valence-corrected chi connectivity index (χ1v) is 17.9. The zero-order valence-electron chi connectivity index (χ0n) is 25.0. The molecule has 0 bridgehead atoms. The van der Waals surface area contributed by atoms with Crippen LogP contribution in [-0.4, -0.2) is 57.7 Å². The summed E-state index contributed by atoms with van der Waals surface area (Å²) in [5.74, 6) is -1.14. The van der Waals surface area contributed by atoms with Crippen LogP contribution < -0.4 is 10.6 Å². The van der Waals surface area contributed by atoms with Crippen LogP contribution in [0.3, 0.4) is 0 Å². The van der Waals surface area contributed by atoms with Crippen LogP contribution in [0.5, 0.6) is 0 Å². The van der Waals surface area contributed by atoms with Gasteiger partial charge in [-0.05, 0) is 55.4 Å². The third-order valence-corrected chi connectivity index (χ3v) is 11.5. The molecule has 11 heteroatoms. The van der Waals surface area contributed by atoms with Crippen LogP contribution in [0.15, 0.2) is 85.1 Å². The van der Waals surface area contributed by atoms with E-state index in [-0.39, 0.29) is 35.8 Å². The Labute approximate surface area is 257 Å². The Kier molecular flexibility index (Phi) is 7.97. The second-order valence-corrected chi connectivity index (χ2v) is 16.2. The number of aliphatic hydroxyl groups is 1. The minimum Gasteiger partial charge on any atom is -0.432 e. The number of carbonyl (C=O) groups excluding carboxylic acids is 2. The van der Waals surface area contributed by atoms with Crippen molar-refractivity contribution in [2.45, 2.75) is 56.1 Å². The number of ether oxygens (including phenoxy) is 1. The first kappa shape index (κ1) is 29.9. The summed E-state index contributed by atoms with van der Waals surface area (Å²) in [4.78, 5) is 38.1. The number of carbonyl (C=O) groups is 2. The predicted molar refractivity (Wildman–Crippen MR) is 169 cm³/mol. The highest BCUT2D eigenvalue weighted by molar-refractivity contribution is 6.71. The molecule has 10 nitrogen and oxygen atoms in total. The normalized spacial score (nSPS) is 23.4. The molecule has 4 aromatic rings. The highest BCUT2D eigenvalue weighted by Gasteiger charge is 2.64. The van der Waals surface area contributed by atoms with Crippen molar-refractivity contribution in [3.05, 3.63) is 107 Å². The van der Waals surface area contributed by atoms with Gasteiger partial charge in [-0.1, -0.05) is 60.7 Å². The molecule has 0 saturated carbocycles. The lowest BCUT2D eigenvalue weighted by Gasteiger charge is -2.32. The van der Waals surface area contributed by atoms with Gasteiger partial charge in [0.1, 0.15) is 0 Å². The van der Waals surface area contributed by atoms with E-state index in [0.29, 0.717) is 41.2 Å². The zero-order chi connectivity index (χ0) is 31.1. The Balaban J connectivity index is 1.25. The van der Waals surface area contributed by atoms with Gasteiger partial charge in [0.15, 0.2) is 13.9 Å². The zero-order valence-corrected chi connectivity index (χ0v) is 26.0. The van der Waals surface area contributed by atoms with Gasteiger partial charge < -0.3 is 25.3 Å². The maximum Gasteiger partial charge on any atom is 0.261 e. The number of anilines is 2. The molecule has 6 rings (SSSR count). The minimum absolute atomic E-state index is 0.0941. The van der Waals surface area contributed by atoms with Crippen LogP contribution in [0.4, 0.5) is 11.4 Å². The SMILES string of the molecule is C[C@@H]1[C@@H]([Si](C)(C)O)[C@H](CCn2cc(C(CO)c3ccccc3)nn2)O[C@@]12C(=O)Nc1ccc(NC(=O)c3ccccc3)cc12. The number of benzene rings is 3. The van der Waals surface area contributed by atoms with E-state index in [2.05, 4.69) is 20.9 Å². The third-order valence-electron chi connectivity index (χ3n) is 8.97. The van der Waals surface area contributed by atoms with Gasteiger partial charge in [-0.2, -0.15) is 0 Å². The van der Waals surface area contributed by atoms with Gasteiger partial charge in [0.25, 0.3) is 11.8 Å². The number of aryl methyl sites for hydroxylation is 1. The average molecular weight is 612 g/mol. The van der Waals surface area contributed by atoms with E-state index in [4.69, 9.17) is 4.74 Å². The lowest BCUT2D eigenvalue weighted by Crippen LogP contribution is -2.43. The molecule has 1 unspecified atom stereocenters. The number of rotatable bonds is 9. The lowest BCUT2D eigenvalue weighted by molar-refractivity contribution is -0.143. The van der Waals surface area contributed by atoms with Crippen LogP contribution >= 0.6 is 0 Å². The van der Waals surface area contributed by atoms with Crippen LogP contribution in [-0.2, 0) is 21.7 Å². The van der Waals surface area contributed by atoms with Crippen LogP contribution in [0.1, 0.15) is 46.4 Å². The van der Waals surface area contributed by atoms with Crippen LogP contribution in [0.2, 0.25) is 18.6 Å². The topological polar surface area (TPSA) is 139 Å². The monoisotopic (exact) mass is 611 g/mol. The van der Waals surface area contributed by atoms with Crippen molar-refractivity contribution >= 4 is 31.5 Å². The molecule has 0 radical (unpaired) electrons. The fraction of sp³-hybridized carbons (Fsp3) is 0.333. The Hall–Kier alpha value is -4.16. The van der Waals surface area contributed by atoms with Crippen molar-refractivity contribution in [1.29, 1.82) is 0 Å². The molecule has 1 aromatic heterocycles. The third kappa shape index (κ3) is 5.36. The molecular weight excluding hydrogens is 574 g/mol. The number of aliphatic hydroxyl groups excluding tert-OH is 1. The molecule has 228 valence electrons. The molecule has 1 saturated heterocycles. The highest BCUT2D eigenvalue weighted by Crippen LogP contribution is 2.58. The molecule has 4 N–H and O–H groups in total. The van der Waals surface area contributed by atoms with Crippen LogP contribution in [0.25, 0.3) is 0 Å². The highest BCUT2D eigenvalue weighted by atomic mass is 28.4. The van der Waals surface area contributed by atoms with Gasteiger partial charge in [0.05, 0.1) is 24.3 Å². The molecule has 3 heterocycles. The summed E-state index contributed by atoms with van der Waals surface area (Å²) in [6.07, 6.45) is 1.91.